The van der Waals surface area contributed by atoms with Gasteiger partial charge in [0.2, 0.25) is 5.91 Å². The van der Waals surface area contributed by atoms with E-state index >= 15 is 0 Å². The highest BCUT2D eigenvalue weighted by Crippen LogP contribution is 2.54. The molecule has 142 valence electrons. The second-order valence-electron chi connectivity index (χ2n) is 7.63. The smallest absolute Gasteiger partial charge is 0.254 e. The predicted molar refractivity (Wildman–Crippen MR) is 98.0 cm³/mol. The highest BCUT2D eigenvalue weighted by molar-refractivity contribution is 5.95. The number of phenols is 1. The van der Waals surface area contributed by atoms with Crippen molar-refractivity contribution in [2.75, 3.05) is 33.4 Å². The van der Waals surface area contributed by atoms with Crippen LogP contribution in [0.15, 0.2) is 18.2 Å². The summed E-state index contributed by atoms with van der Waals surface area (Å²) in [7, 11) is 1.59. The Kier molecular flexibility index (Phi) is 5.51. The molecule has 0 spiro atoms. The Morgan fingerprint density at radius 1 is 1.42 bits per heavy atom. The molecule has 1 saturated carbocycles. The zero-order valence-electron chi connectivity index (χ0n) is 15.6. The number of nitrogens with one attached hydrogen (secondary N) is 1. The maximum Gasteiger partial charge on any atom is 0.254 e. The zero-order chi connectivity index (χ0) is 18.7. The Morgan fingerprint density at radius 2 is 2.23 bits per heavy atom. The van der Waals surface area contributed by atoms with Crippen LogP contribution in [-0.2, 0) is 9.53 Å². The van der Waals surface area contributed by atoms with Crippen molar-refractivity contribution in [3.8, 4) is 5.75 Å². The van der Waals surface area contributed by atoms with E-state index in [0.29, 0.717) is 31.1 Å². The number of hydrogen-bond acceptors (Lipinski definition) is 4. The normalized spacial score (nSPS) is 24.1. The molecule has 2 atom stereocenters. The lowest BCUT2D eigenvalue weighted by Crippen LogP contribution is -2.42. The summed E-state index contributed by atoms with van der Waals surface area (Å²) < 4.78 is 4.92. The summed E-state index contributed by atoms with van der Waals surface area (Å²) in [6.07, 6.45) is 3.53. The van der Waals surface area contributed by atoms with Crippen molar-refractivity contribution in [2.45, 2.75) is 32.6 Å². The fourth-order valence-corrected chi connectivity index (χ4v) is 4.18. The third-order valence-corrected chi connectivity index (χ3v) is 6.02. The SMILES string of the molecule is COCCC(=O)NCCC12CCC1CN(C(=O)c1ccc(C)c(O)c1)C2. The molecule has 0 bridgehead atoms. The predicted octanol–water partition coefficient (Wildman–Crippen LogP) is 2.10. The highest BCUT2D eigenvalue weighted by atomic mass is 16.5. The highest BCUT2D eigenvalue weighted by Gasteiger charge is 2.53. The van der Waals surface area contributed by atoms with Crippen molar-refractivity contribution >= 4 is 11.8 Å². The van der Waals surface area contributed by atoms with Gasteiger partial charge in [0.1, 0.15) is 5.75 Å². The molecule has 6 heteroatoms. The van der Waals surface area contributed by atoms with Gasteiger partial charge >= 0.3 is 0 Å². The number of likely N-dealkylation sites (tertiary alicyclic amines) is 1. The number of rotatable bonds is 7. The van der Waals surface area contributed by atoms with Gasteiger partial charge in [-0.2, -0.15) is 0 Å². The van der Waals surface area contributed by atoms with Crippen LogP contribution in [0, 0.1) is 18.3 Å². The summed E-state index contributed by atoms with van der Waals surface area (Å²) in [5, 5.41) is 12.8. The van der Waals surface area contributed by atoms with Crippen molar-refractivity contribution in [1.29, 1.82) is 0 Å². The van der Waals surface area contributed by atoms with E-state index in [9.17, 15) is 14.7 Å². The summed E-state index contributed by atoms with van der Waals surface area (Å²) in [6.45, 7) is 4.40. The summed E-state index contributed by atoms with van der Waals surface area (Å²) in [6, 6.07) is 5.11. The van der Waals surface area contributed by atoms with Gasteiger partial charge in [-0.15, -0.1) is 0 Å². The first-order chi connectivity index (χ1) is 12.4. The fourth-order valence-electron chi connectivity index (χ4n) is 4.18. The second kappa shape index (κ2) is 7.66. The average Bonchev–Trinajstić information content (AvgIpc) is 2.86. The number of methoxy groups -OCH3 is 1. The van der Waals surface area contributed by atoms with E-state index in [2.05, 4.69) is 5.32 Å². The summed E-state index contributed by atoms with van der Waals surface area (Å²) in [5.41, 5.74) is 1.44. The number of carbonyl (C=O) groups excluding carboxylic acids is 2. The molecule has 2 N–H and O–H groups in total. The Balaban J connectivity index is 1.56. The molecule has 1 saturated heterocycles. The van der Waals surface area contributed by atoms with Crippen molar-refractivity contribution in [3.05, 3.63) is 29.3 Å². The Morgan fingerprint density at radius 3 is 2.88 bits per heavy atom. The number of phenolic OH excluding ortho intramolecular Hbond substituents is 1. The van der Waals surface area contributed by atoms with Crippen molar-refractivity contribution in [3.63, 3.8) is 0 Å². The van der Waals surface area contributed by atoms with Gasteiger partial charge < -0.3 is 20.1 Å². The van der Waals surface area contributed by atoms with Crippen LogP contribution in [0.2, 0.25) is 0 Å². The van der Waals surface area contributed by atoms with Gasteiger partial charge in [0.15, 0.2) is 0 Å². The quantitative estimate of drug-likeness (QED) is 0.780. The van der Waals surface area contributed by atoms with E-state index in [1.165, 1.54) is 0 Å². The lowest BCUT2D eigenvalue weighted by Gasteiger charge is -2.44. The fraction of sp³-hybridized carbons (Fsp3) is 0.600. The molecule has 1 aliphatic heterocycles. The number of nitrogens with zero attached hydrogens (tertiary/aromatic N) is 1. The first-order valence-corrected chi connectivity index (χ1v) is 9.30. The maximum absolute atomic E-state index is 12.8. The Hall–Kier alpha value is -2.08. The molecule has 6 nitrogen and oxygen atoms in total. The topological polar surface area (TPSA) is 78.9 Å². The number of amides is 2. The van der Waals surface area contributed by atoms with Crippen LogP contribution in [0.4, 0.5) is 0 Å². The van der Waals surface area contributed by atoms with Crippen LogP contribution in [0.5, 0.6) is 5.75 Å². The van der Waals surface area contributed by atoms with E-state index < -0.39 is 0 Å². The van der Waals surface area contributed by atoms with E-state index in [1.807, 2.05) is 11.8 Å². The molecular formula is C20H28N2O4. The summed E-state index contributed by atoms with van der Waals surface area (Å²) in [5.74, 6) is 0.672. The van der Waals surface area contributed by atoms with E-state index in [4.69, 9.17) is 4.74 Å². The molecular weight excluding hydrogens is 332 g/mol. The number of aromatic hydroxyl groups is 1. The van der Waals surface area contributed by atoms with Crippen LogP contribution in [0.3, 0.4) is 0 Å². The number of fused-ring (bicyclic) bond motifs is 1. The zero-order valence-corrected chi connectivity index (χ0v) is 15.6. The average molecular weight is 360 g/mol. The molecule has 2 aliphatic rings. The minimum absolute atomic E-state index is 0.0141. The van der Waals surface area contributed by atoms with Gasteiger partial charge in [-0.1, -0.05) is 6.07 Å². The number of benzene rings is 1. The number of carbonyl (C=O) groups is 2. The Bertz CT molecular complexity index is 690. The molecule has 1 aromatic rings. The molecule has 2 amide bonds. The minimum Gasteiger partial charge on any atom is -0.508 e. The largest absolute Gasteiger partial charge is 0.508 e. The number of ether oxygens (including phenoxy) is 1. The lowest BCUT2D eigenvalue weighted by molar-refractivity contribution is -0.122. The molecule has 0 aromatic heterocycles. The summed E-state index contributed by atoms with van der Waals surface area (Å²) >= 11 is 0. The second-order valence-corrected chi connectivity index (χ2v) is 7.63. The standard InChI is InChI=1S/C20H28N2O4/c1-14-3-4-15(11-17(14)23)19(25)22-12-16-5-7-20(16,13-22)8-9-21-18(24)6-10-26-2/h3-4,11,16,23H,5-10,12-13H2,1-2H3,(H,21,24). The maximum atomic E-state index is 12.8. The van der Waals surface area contributed by atoms with Gasteiger partial charge in [0.25, 0.3) is 5.91 Å². The van der Waals surface area contributed by atoms with Crippen LogP contribution >= 0.6 is 0 Å². The molecule has 0 radical (unpaired) electrons. The molecule has 3 rings (SSSR count). The van der Waals surface area contributed by atoms with Gasteiger partial charge in [0.05, 0.1) is 6.61 Å². The molecule has 2 fully saturated rings. The van der Waals surface area contributed by atoms with E-state index in [0.717, 1.165) is 37.9 Å². The first kappa shape index (κ1) is 18.7. The summed E-state index contributed by atoms with van der Waals surface area (Å²) in [4.78, 5) is 26.4. The Labute approximate surface area is 154 Å². The van der Waals surface area contributed by atoms with E-state index in [-0.39, 0.29) is 23.0 Å². The molecule has 1 aromatic carbocycles. The molecule has 1 aliphatic carbocycles. The lowest BCUT2D eigenvalue weighted by atomic mass is 9.60. The van der Waals surface area contributed by atoms with Gasteiger partial charge in [0, 0.05) is 38.7 Å². The minimum atomic E-state index is -0.0156. The van der Waals surface area contributed by atoms with Gasteiger partial charge in [-0.05, 0) is 55.2 Å². The molecule has 1 heterocycles. The van der Waals surface area contributed by atoms with Crippen LogP contribution in [-0.4, -0.2) is 55.2 Å². The van der Waals surface area contributed by atoms with Gasteiger partial charge in [-0.25, -0.2) is 0 Å². The third-order valence-electron chi connectivity index (χ3n) is 6.02. The first-order valence-electron chi connectivity index (χ1n) is 9.30. The van der Waals surface area contributed by atoms with Gasteiger partial charge in [-0.3, -0.25) is 9.59 Å². The third kappa shape index (κ3) is 3.70. The number of hydrogen-bond donors (Lipinski definition) is 2. The van der Waals surface area contributed by atoms with Crippen molar-refractivity contribution < 1.29 is 19.4 Å². The monoisotopic (exact) mass is 360 g/mol. The van der Waals surface area contributed by atoms with Crippen LogP contribution in [0.1, 0.15) is 41.6 Å². The van der Waals surface area contributed by atoms with E-state index in [1.54, 1.807) is 25.3 Å². The van der Waals surface area contributed by atoms with Crippen molar-refractivity contribution in [2.24, 2.45) is 11.3 Å². The van der Waals surface area contributed by atoms with Crippen LogP contribution < -0.4 is 5.32 Å². The molecule has 26 heavy (non-hydrogen) atoms. The van der Waals surface area contributed by atoms with Crippen molar-refractivity contribution in [1.82, 2.24) is 10.2 Å². The van der Waals surface area contributed by atoms with Crippen LogP contribution in [0.25, 0.3) is 0 Å². The molecule has 2 unspecified atom stereocenters. The number of aryl methyl sites for hydroxylation is 1.